The third-order valence-electron chi connectivity index (χ3n) is 3.70. The van der Waals surface area contributed by atoms with Crippen molar-refractivity contribution in [3.8, 4) is 0 Å². The average molecular weight is 327 g/mol. The lowest BCUT2D eigenvalue weighted by molar-refractivity contribution is 0.103. The number of rotatable bonds is 3. The van der Waals surface area contributed by atoms with Crippen molar-refractivity contribution >= 4 is 22.0 Å². The molecule has 0 radical (unpaired) electrons. The van der Waals surface area contributed by atoms with E-state index in [9.17, 15) is 4.79 Å². The molecule has 1 aliphatic heterocycles. The van der Waals surface area contributed by atoms with Gasteiger partial charge in [-0.15, -0.1) is 0 Å². The number of likely N-dealkylation sites (tertiary alicyclic amines) is 1. The second kappa shape index (κ2) is 6.39. The summed E-state index contributed by atoms with van der Waals surface area (Å²) in [6.07, 6.45) is 1.03. The molecule has 0 aromatic heterocycles. The second-order valence-electron chi connectivity index (χ2n) is 5.04. The molecule has 104 valence electrons. The number of nitrogens with zero attached hydrogens (tertiary/aromatic N) is 2. The van der Waals surface area contributed by atoms with Crippen molar-refractivity contribution in [2.24, 2.45) is 0 Å². The van der Waals surface area contributed by atoms with Crippen molar-refractivity contribution in [1.29, 1.82) is 0 Å². The summed E-state index contributed by atoms with van der Waals surface area (Å²) in [5.74, 6) is 0. The van der Waals surface area contributed by atoms with Crippen LogP contribution in [0.1, 0.15) is 18.4 Å². The first-order chi connectivity index (χ1) is 9.06. The second-order valence-corrected chi connectivity index (χ2v) is 5.96. The van der Waals surface area contributed by atoms with Crippen molar-refractivity contribution in [2.45, 2.75) is 25.4 Å². The lowest BCUT2D eigenvalue weighted by Crippen LogP contribution is -2.44. The van der Waals surface area contributed by atoms with Crippen LogP contribution in [0, 0.1) is 0 Å². The molecular weight excluding hydrogens is 308 g/mol. The molecule has 4 nitrogen and oxygen atoms in total. The van der Waals surface area contributed by atoms with Crippen LogP contribution in [0.4, 0.5) is 4.79 Å². The molecule has 1 saturated heterocycles. The summed E-state index contributed by atoms with van der Waals surface area (Å²) in [6, 6.07) is 8.81. The summed E-state index contributed by atoms with van der Waals surface area (Å²) in [7, 11) is 2.11. The summed E-state index contributed by atoms with van der Waals surface area (Å²) >= 11 is 3.43. The zero-order chi connectivity index (χ0) is 13.8. The van der Waals surface area contributed by atoms with E-state index < -0.39 is 6.09 Å². The lowest BCUT2D eigenvalue weighted by atomic mass is 10.0. The quantitative estimate of drug-likeness (QED) is 0.928. The van der Waals surface area contributed by atoms with Crippen molar-refractivity contribution in [3.63, 3.8) is 0 Å². The van der Waals surface area contributed by atoms with Gasteiger partial charge in [-0.2, -0.15) is 0 Å². The van der Waals surface area contributed by atoms with Gasteiger partial charge in [0.15, 0.2) is 0 Å². The van der Waals surface area contributed by atoms with Crippen molar-refractivity contribution in [1.82, 2.24) is 9.80 Å². The van der Waals surface area contributed by atoms with Crippen LogP contribution in [0.3, 0.4) is 0 Å². The number of halogens is 1. The molecule has 1 aromatic carbocycles. The van der Waals surface area contributed by atoms with Crippen molar-refractivity contribution in [3.05, 3.63) is 34.3 Å². The van der Waals surface area contributed by atoms with E-state index in [0.29, 0.717) is 19.1 Å². The first-order valence-electron chi connectivity index (χ1n) is 6.49. The topological polar surface area (TPSA) is 43.8 Å². The third-order valence-corrected chi connectivity index (χ3v) is 4.23. The fourth-order valence-electron chi connectivity index (χ4n) is 2.50. The predicted molar refractivity (Wildman–Crippen MR) is 78.2 cm³/mol. The molecule has 1 N–H and O–H groups in total. The molecule has 0 saturated carbocycles. The van der Waals surface area contributed by atoms with E-state index in [1.165, 1.54) is 10.5 Å². The van der Waals surface area contributed by atoms with Gasteiger partial charge in [0.1, 0.15) is 0 Å². The van der Waals surface area contributed by atoms with Gasteiger partial charge < -0.3 is 10.0 Å². The van der Waals surface area contributed by atoms with Crippen LogP contribution in [-0.2, 0) is 6.54 Å². The smallest absolute Gasteiger partial charge is 0.407 e. The molecule has 0 bridgehead atoms. The van der Waals surface area contributed by atoms with Crippen molar-refractivity contribution in [2.75, 3.05) is 20.1 Å². The highest BCUT2D eigenvalue weighted by molar-refractivity contribution is 9.10. The Morgan fingerprint density at radius 1 is 1.37 bits per heavy atom. The van der Waals surface area contributed by atoms with Crippen LogP contribution in [0.15, 0.2) is 28.7 Å². The van der Waals surface area contributed by atoms with E-state index >= 15 is 0 Å². The number of hydrogen-bond donors (Lipinski definition) is 1. The van der Waals surface area contributed by atoms with Gasteiger partial charge in [-0.3, -0.25) is 4.90 Å². The Bertz CT molecular complexity index is 428. The zero-order valence-electron chi connectivity index (χ0n) is 11.1. The maximum Gasteiger partial charge on any atom is 0.407 e. The fourth-order valence-corrected chi connectivity index (χ4v) is 2.77. The molecule has 0 spiro atoms. The molecule has 0 aliphatic carbocycles. The Balaban J connectivity index is 1.86. The molecule has 0 atom stereocenters. The Morgan fingerprint density at radius 3 is 2.47 bits per heavy atom. The first kappa shape index (κ1) is 14.3. The summed E-state index contributed by atoms with van der Waals surface area (Å²) in [5, 5.41) is 8.93. The van der Waals surface area contributed by atoms with Crippen LogP contribution in [0.2, 0.25) is 0 Å². The van der Waals surface area contributed by atoms with E-state index in [1.807, 2.05) is 0 Å². The molecule has 2 rings (SSSR count). The minimum absolute atomic E-state index is 0.472. The number of amides is 1. The molecule has 1 aliphatic rings. The minimum atomic E-state index is -0.797. The number of piperidine rings is 1. The summed E-state index contributed by atoms with van der Waals surface area (Å²) in [6.45, 7) is 2.19. The molecule has 1 heterocycles. The zero-order valence-corrected chi connectivity index (χ0v) is 12.6. The maximum atomic E-state index is 10.9. The van der Waals surface area contributed by atoms with Gasteiger partial charge in [0.05, 0.1) is 0 Å². The van der Waals surface area contributed by atoms with Crippen LogP contribution in [-0.4, -0.2) is 47.2 Å². The molecule has 1 amide bonds. The largest absolute Gasteiger partial charge is 0.465 e. The molecule has 19 heavy (non-hydrogen) atoms. The van der Waals surface area contributed by atoms with E-state index in [2.05, 4.69) is 52.1 Å². The maximum absolute atomic E-state index is 10.9. The Morgan fingerprint density at radius 2 is 1.95 bits per heavy atom. The van der Waals surface area contributed by atoms with Crippen LogP contribution < -0.4 is 0 Å². The van der Waals surface area contributed by atoms with E-state index in [1.54, 1.807) is 0 Å². The van der Waals surface area contributed by atoms with Gasteiger partial charge in [0, 0.05) is 30.1 Å². The molecule has 5 heteroatoms. The minimum Gasteiger partial charge on any atom is -0.465 e. The number of carboxylic acid groups (broad SMARTS) is 1. The number of carbonyl (C=O) groups is 1. The summed E-state index contributed by atoms with van der Waals surface area (Å²) < 4.78 is 1.09. The van der Waals surface area contributed by atoms with Crippen LogP contribution >= 0.6 is 15.9 Å². The van der Waals surface area contributed by atoms with Gasteiger partial charge in [0.25, 0.3) is 0 Å². The van der Waals surface area contributed by atoms with E-state index in [0.717, 1.165) is 23.9 Å². The number of hydrogen-bond acceptors (Lipinski definition) is 2. The lowest BCUT2D eigenvalue weighted by Gasteiger charge is -2.35. The van der Waals surface area contributed by atoms with Gasteiger partial charge in [0.2, 0.25) is 0 Å². The fraction of sp³-hybridized carbons (Fsp3) is 0.500. The SMILES string of the molecule is CN(Cc1ccc(Br)cc1)C1CCN(C(=O)O)CC1. The molecular formula is C14H19BrN2O2. The molecule has 1 fully saturated rings. The summed E-state index contributed by atoms with van der Waals surface area (Å²) in [4.78, 5) is 14.7. The Hall–Kier alpha value is -1.07. The predicted octanol–water partition coefficient (Wildman–Crippen LogP) is 3.02. The van der Waals surface area contributed by atoms with Crippen LogP contribution in [0.5, 0.6) is 0 Å². The average Bonchev–Trinajstić information content (AvgIpc) is 2.41. The van der Waals surface area contributed by atoms with Gasteiger partial charge in [-0.25, -0.2) is 4.79 Å². The van der Waals surface area contributed by atoms with E-state index in [4.69, 9.17) is 5.11 Å². The van der Waals surface area contributed by atoms with Crippen molar-refractivity contribution < 1.29 is 9.90 Å². The highest BCUT2D eigenvalue weighted by Crippen LogP contribution is 2.18. The normalized spacial score (nSPS) is 16.9. The van der Waals surface area contributed by atoms with Gasteiger partial charge >= 0.3 is 6.09 Å². The van der Waals surface area contributed by atoms with E-state index in [-0.39, 0.29) is 0 Å². The third kappa shape index (κ3) is 3.94. The van der Waals surface area contributed by atoms with Gasteiger partial charge in [-0.05, 0) is 37.6 Å². The first-order valence-corrected chi connectivity index (χ1v) is 7.28. The Kier molecular flexibility index (Phi) is 4.82. The van der Waals surface area contributed by atoms with Crippen LogP contribution in [0.25, 0.3) is 0 Å². The standard InChI is InChI=1S/C14H19BrN2O2/c1-16(10-11-2-4-12(15)5-3-11)13-6-8-17(9-7-13)14(18)19/h2-5,13H,6-10H2,1H3,(H,18,19). The highest BCUT2D eigenvalue weighted by Gasteiger charge is 2.24. The number of benzene rings is 1. The Labute approximate surface area is 122 Å². The molecule has 1 aromatic rings. The highest BCUT2D eigenvalue weighted by atomic mass is 79.9. The monoisotopic (exact) mass is 326 g/mol. The van der Waals surface area contributed by atoms with Gasteiger partial charge in [-0.1, -0.05) is 28.1 Å². The molecule has 0 unspecified atom stereocenters. The summed E-state index contributed by atoms with van der Waals surface area (Å²) in [5.41, 5.74) is 1.28.